The molecule has 116 valence electrons. The Labute approximate surface area is 128 Å². The van der Waals surface area contributed by atoms with Crippen molar-refractivity contribution in [2.45, 2.75) is 33.0 Å². The molecule has 21 heavy (non-hydrogen) atoms. The zero-order valence-electron chi connectivity index (χ0n) is 11.7. The molecular weight excluding hydrogens is 321 g/mol. The third-order valence-corrected chi connectivity index (χ3v) is 4.64. The Balaban J connectivity index is 2.47. The van der Waals surface area contributed by atoms with Gasteiger partial charge in [-0.25, -0.2) is 4.98 Å². The van der Waals surface area contributed by atoms with Gasteiger partial charge in [-0.3, -0.25) is 0 Å². The van der Waals surface area contributed by atoms with E-state index in [-0.39, 0.29) is 11.9 Å². The van der Waals surface area contributed by atoms with Crippen LogP contribution in [0.1, 0.15) is 19.5 Å². The van der Waals surface area contributed by atoms with Crippen molar-refractivity contribution >= 4 is 33.7 Å². The fraction of sp³-hybridized carbons (Fsp3) is 0.500. The Hall–Kier alpha value is -1.35. The topological polar surface area (TPSA) is 55.0 Å². The number of rotatable bonds is 4. The summed E-state index contributed by atoms with van der Waals surface area (Å²) in [6, 6.07) is -0.328. The van der Waals surface area contributed by atoms with Gasteiger partial charge in [0.15, 0.2) is 0 Å². The van der Waals surface area contributed by atoms with E-state index in [9.17, 15) is 13.2 Å². The zero-order chi connectivity index (χ0) is 15.8. The highest BCUT2D eigenvalue weighted by atomic mass is 32.1. The minimum atomic E-state index is -4.29. The molecule has 2 aromatic heterocycles. The number of nitrogens with two attached hydrogens (primary N) is 1. The molecule has 0 bridgehead atoms. The lowest BCUT2D eigenvalue weighted by molar-refractivity contribution is -0.120. The maximum atomic E-state index is 12.8. The molecule has 2 rings (SSSR count). The van der Waals surface area contributed by atoms with E-state index in [2.05, 4.69) is 9.36 Å². The number of hydrogen-bond donors (Lipinski definition) is 1. The van der Waals surface area contributed by atoms with Crippen molar-refractivity contribution < 1.29 is 13.2 Å². The summed E-state index contributed by atoms with van der Waals surface area (Å²) in [6.07, 6.45) is -4.29. The van der Waals surface area contributed by atoms with Crippen LogP contribution in [0.3, 0.4) is 0 Å². The minimum Gasteiger partial charge on any atom is -0.382 e. The standard InChI is InChI=1S/C12H15F3N4S2/c1-6(2)19(5-12(13,14)15)11-8(9(16)18-21-11)10-17-7(3)4-20-10/h4,6H,5H2,1-3H3,(H2,16,18). The van der Waals surface area contributed by atoms with Crippen LogP contribution in [0.25, 0.3) is 10.6 Å². The second-order valence-electron chi connectivity index (χ2n) is 4.88. The molecule has 2 N–H and O–H groups in total. The van der Waals surface area contributed by atoms with E-state index < -0.39 is 12.7 Å². The molecule has 0 amide bonds. The van der Waals surface area contributed by atoms with Crippen LogP contribution in [-0.2, 0) is 0 Å². The highest BCUT2D eigenvalue weighted by molar-refractivity contribution is 7.15. The summed E-state index contributed by atoms with van der Waals surface area (Å²) in [4.78, 5) is 5.57. The Morgan fingerprint density at radius 3 is 2.52 bits per heavy atom. The number of nitrogens with zero attached hydrogens (tertiary/aromatic N) is 3. The number of anilines is 2. The van der Waals surface area contributed by atoms with Crippen LogP contribution >= 0.6 is 22.9 Å². The molecule has 0 spiro atoms. The molecule has 0 saturated carbocycles. The van der Waals surface area contributed by atoms with Crippen LogP contribution in [0.15, 0.2) is 5.38 Å². The van der Waals surface area contributed by atoms with Crippen molar-refractivity contribution in [2.75, 3.05) is 17.2 Å². The molecule has 0 radical (unpaired) electrons. The van der Waals surface area contributed by atoms with Crippen LogP contribution in [-0.4, -0.2) is 28.1 Å². The summed E-state index contributed by atoms with van der Waals surface area (Å²) in [6.45, 7) is 4.20. The quantitative estimate of drug-likeness (QED) is 0.919. The molecule has 0 unspecified atom stereocenters. The van der Waals surface area contributed by atoms with E-state index in [1.165, 1.54) is 16.2 Å². The molecule has 0 aromatic carbocycles. The fourth-order valence-corrected chi connectivity index (χ4v) is 3.71. The van der Waals surface area contributed by atoms with E-state index in [1.807, 2.05) is 12.3 Å². The highest BCUT2D eigenvalue weighted by Crippen LogP contribution is 2.42. The van der Waals surface area contributed by atoms with Gasteiger partial charge >= 0.3 is 6.18 Å². The van der Waals surface area contributed by atoms with Gasteiger partial charge < -0.3 is 10.6 Å². The Morgan fingerprint density at radius 1 is 1.38 bits per heavy atom. The van der Waals surface area contributed by atoms with E-state index in [0.29, 0.717) is 15.6 Å². The molecule has 0 saturated heterocycles. The molecular formula is C12H15F3N4S2. The third-order valence-electron chi connectivity index (χ3n) is 2.77. The lowest BCUT2D eigenvalue weighted by atomic mass is 10.2. The zero-order valence-corrected chi connectivity index (χ0v) is 13.4. The van der Waals surface area contributed by atoms with Crippen LogP contribution in [0.5, 0.6) is 0 Å². The lowest BCUT2D eigenvalue weighted by Gasteiger charge is -2.28. The van der Waals surface area contributed by atoms with Crippen LogP contribution < -0.4 is 10.6 Å². The van der Waals surface area contributed by atoms with Gasteiger partial charge in [0.1, 0.15) is 22.4 Å². The SMILES string of the molecule is Cc1csc(-c2c(N)nsc2N(CC(F)(F)F)C(C)C)n1. The fourth-order valence-electron chi connectivity index (χ4n) is 1.84. The summed E-state index contributed by atoms with van der Waals surface area (Å²) in [5, 5.41) is 2.84. The maximum absolute atomic E-state index is 12.8. The van der Waals surface area contributed by atoms with E-state index >= 15 is 0 Å². The Morgan fingerprint density at radius 2 is 2.05 bits per heavy atom. The van der Waals surface area contributed by atoms with Crippen molar-refractivity contribution in [1.29, 1.82) is 0 Å². The van der Waals surface area contributed by atoms with Crippen molar-refractivity contribution in [3.63, 3.8) is 0 Å². The Bertz CT molecular complexity index is 618. The molecule has 0 atom stereocenters. The van der Waals surface area contributed by atoms with Gasteiger partial charge in [0, 0.05) is 17.1 Å². The second kappa shape index (κ2) is 5.80. The summed E-state index contributed by atoms with van der Waals surface area (Å²) in [5.74, 6) is 0.220. The van der Waals surface area contributed by atoms with Gasteiger partial charge in [0.2, 0.25) is 0 Å². The van der Waals surface area contributed by atoms with Crippen molar-refractivity contribution in [2.24, 2.45) is 0 Å². The first-order valence-electron chi connectivity index (χ1n) is 6.20. The van der Waals surface area contributed by atoms with E-state index in [0.717, 1.165) is 17.2 Å². The lowest BCUT2D eigenvalue weighted by Crippen LogP contribution is -2.38. The smallest absolute Gasteiger partial charge is 0.382 e. The van der Waals surface area contributed by atoms with Gasteiger partial charge in [0.05, 0.1) is 5.56 Å². The average Bonchev–Trinajstić information content (AvgIpc) is 2.91. The van der Waals surface area contributed by atoms with Gasteiger partial charge in [-0.05, 0) is 32.3 Å². The van der Waals surface area contributed by atoms with E-state index in [1.54, 1.807) is 13.8 Å². The number of alkyl halides is 3. The number of hydrogen-bond acceptors (Lipinski definition) is 6. The average molecular weight is 336 g/mol. The third kappa shape index (κ3) is 3.65. The predicted octanol–water partition coefficient (Wildman–Crippen LogP) is 3.93. The largest absolute Gasteiger partial charge is 0.405 e. The van der Waals surface area contributed by atoms with Gasteiger partial charge in [0.25, 0.3) is 0 Å². The van der Waals surface area contributed by atoms with Crippen molar-refractivity contribution in [3.8, 4) is 10.6 Å². The molecule has 4 nitrogen and oxygen atoms in total. The summed E-state index contributed by atoms with van der Waals surface area (Å²) in [5.41, 5.74) is 7.14. The normalized spacial score (nSPS) is 12.1. The van der Waals surface area contributed by atoms with Gasteiger partial charge in [-0.1, -0.05) is 0 Å². The maximum Gasteiger partial charge on any atom is 0.405 e. The molecule has 0 fully saturated rings. The molecule has 0 aliphatic rings. The molecule has 2 aromatic rings. The molecule has 2 heterocycles. The predicted molar refractivity (Wildman–Crippen MR) is 80.9 cm³/mol. The van der Waals surface area contributed by atoms with E-state index in [4.69, 9.17) is 5.73 Å². The number of nitrogen functional groups attached to an aromatic ring is 1. The van der Waals surface area contributed by atoms with Gasteiger partial charge in [-0.15, -0.1) is 11.3 Å². The summed E-state index contributed by atoms with van der Waals surface area (Å²) >= 11 is 2.33. The summed E-state index contributed by atoms with van der Waals surface area (Å²) in [7, 11) is 0. The van der Waals surface area contributed by atoms with Crippen molar-refractivity contribution in [3.05, 3.63) is 11.1 Å². The first-order valence-corrected chi connectivity index (χ1v) is 7.85. The summed E-state index contributed by atoms with van der Waals surface area (Å²) < 4.78 is 42.4. The first-order chi connectivity index (χ1) is 9.69. The molecule has 9 heteroatoms. The molecule has 0 aliphatic carbocycles. The number of aromatic nitrogens is 2. The van der Waals surface area contributed by atoms with Crippen LogP contribution in [0.2, 0.25) is 0 Å². The monoisotopic (exact) mass is 336 g/mol. The van der Waals surface area contributed by atoms with Crippen LogP contribution in [0, 0.1) is 6.92 Å². The molecule has 0 aliphatic heterocycles. The highest BCUT2D eigenvalue weighted by Gasteiger charge is 2.34. The second-order valence-corrected chi connectivity index (χ2v) is 6.49. The number of halogens is 3. The first kappa shape index (κ1) is 16.0. The van der Waals surface area contributed by atoms with Crippen LogP contribution in [0.4, 0.5) is 24.0 Å². The number of thiazole rings is 1. The van der Waals surface area contributed by atoms with Gasteiger partial charge in [-0.2, -0.15) is 17.5 Å². The van der Waals surface area contributed by atoms with Crippen molar-refractivity contribution in [1.82, 2.24) is 9.36 Å². The minimum absolute atomic E-state index is 0.220. The Kier molecular flexibility index (Phi) is 4.43. The number of aryl methyl sites for hydroxylation is 1.